The van der Waals surface area contributed by atoms with Crippen LogP contribution < -0.4 is 0 Å². The van der Waals surface area contributed by atoms with E-state index in [1.807, 2.05) is 0 Å². The van der Waals surface area contributed by atoms with E-state index in [2.05, 4.69) is 34.2 Å². The smallest absolute Gasteiger partial charge is 0.149 e. The van der Waals surface area contributed by atoms with Gasteiger partial charge in [-0.1, -0.05) is 18.2 Å². The predicted octanol–water partition coefficient (Wildman–Crippen LogP) is 3.01. The van der Waals surface area contributed by atoms with Crippen molar-refractivity contribution in [3.05, 3.63) is 59.2 Å². The van der Waals surface area contributed by atoms with E-state index in [1.54, 1.807) is 18.5 Å². The first kappa shape index (κ1) is 11.9. The maximum atomic E-state index is 9.41. The number of nitriles is 1. The van der Waals surface area contributed by atoms with Crippen molar-refractivity contribution < 1.29 is 0 Å². The summed E-state index contributed by atoms with van der Waals surface area (Å²) in [5.74, 6) is 0.217. The second-order valence-corrected chi connectivity index (χ2v) is 4.90. The van der Waals surface area contributed by atoms with Crippen LogP contribution in [0.15, 0.2) is 36.7 Å². The Morgan fingerprint density at radius 3 is 2.53 bits per heavy atom. The van der Waals surface area contributed by atoms with Gasteiger partial charge in [0.15, 0.2) is 0 Å². The molecule has 1 aliphatic rings. The summed E-state index contributed by atoms with van der Waals surface area (Å²) < 4.78 is 0. The van der Waals surface area contributed by atoms with Crippen molar-refractivity contribution in [1.29, 1.82) is 5.26 Å². The fraction of sp³-hybridized carbons (Fsp3) is 0.312. The number of benzene rings is 1. The number of hydrogen-bond acceptors (Lipinski definition) is 3. The van der Waals surface area contributed by atoms with Gasteiger partial charge in [0.05, 0.1) is 6.07 Å². The van der Waals surface area contributed by atoms with Crippen molar-refractivity contribution in [2.24, 2.45) is 0 Å². The lowest BCUT2D eigenvalue weighted by Crippen LogP contribution is -2.07. The number of fused-ring (bicyclic) bond motifs is 1. The molecule has 1 aromatic heterocycles. The van der Waals surface area contributed by atoms with Gasteiger partial charge in [0.2, 0.25) is 0 Å². The molecule has 0 saturated heterocycles. The molecule has 2 aromatic rings. The van der Waals surface area contributed by atoms with Crippen molar-refractivity contribution in [3.8, 4) is 6.07 Å². The maximum absolute atomic E-state index is 9.41. The van der Waals surface area contributed by atoms with Crippen LogP contribution in [-0.4, -0.2) is 9.97 Å². The fourth-order valence-electron chi connectivity index (χ4n) is 2.67. The van der Waals surface area contributed by atoms with E-state index in [9.17, 15) is 5.26 Å². The second-order valence-electron chi connectivity index (χ2n) is 4.90. The van der Waals surface area contributed by atoms with E-state index in [4.69, 9.17) is 0 Å². The summed E-state index contributed by atoms with van der Waals surface area (Å²) in [5.41, 5.74) is 3.83. The quantitative estimate of drug-likeness (QED) is 0.822. The zero-order chi connectivity index (χ0) is 13.1. The van der Waals surface area contributed by atoms with Crippen LogP contribution in [0.2, 0.25) is 0 Å². The molecule has 0 radical (unpaired) electrons. The first-order valence-corrected chi connectivity index (χ1v) is 6.67. The molecule has 1 aromatic carbocycles. The Bertz CT molecular complexity index is 614. The van der Waals surface area contributed by atoms with Crippen LogP contribution in [-0.2, 0) is 12.8 Å². The van der Waals surface area contributed by atoms with Crippen molar-refractivity contribution in [1.82, 2.24) is 9.97 Å². The minimum atomic E-state index is -0.367. The van der Waals surface area contributed by atoms with E-state index in [0.29, 0.717) is 5.82 Å². The van der Waals surface area contributed by atoms with Gasteiger partial charge >= 0.3 is 0 Å². The summed E-state index contributed by atoms with van der Waals surface area (Å²) in [4.78, 5) is 8.41. The third kappa shape index (κ3) is 2.34. The Hall–Kier alpha value is -2.21. The van der Waals surface area contributed by atoms with Gasteiger partial charge in [-0.2, -0.15) is 5.26 Å². The van der Waals surface area contributed by atoms with Crippen LogP contribution in [0.3, 0.4) is 0 Å². The van der Waals surface area contributed by atoms with Crippen LogP contribution >= 0.6 is 0 Å². The largest absolute Gasteiger partial charge is 0.240 e. The van der Waals surface area contributed by atoms with Gasteiger partial charge in [0, 0.05) is 12.4 Å². The number of aryl methyl sites for hydroxylation is 2. The number of nitrogens with zero attached hydrogens (tertiary/aromatic N) is 3. The van der Waals surface area contributed by atoms with Crippen LogP contribution in [0.5, 0.6) is 0 Å². The summed E-state index contributed by atoms with van der Waals surface area (Å²) in [7, 11) is 0. The van der Waals surface area contributed by atoms with Gasteiger partial charge in [-0.3, -0.25) is 0 Å². The zero-order valence-electron chi connectivity index (χ0n) is 10.7. The van der Waals surface area contributed by atoms with Gasteiger partial charge in [-0.05, 0) is 48.4 Å². The maximum Gasteiger partial charge on any atom is 0.149 e. The highest BCUT2D eigenvalue weighted by Gasteiger charge is 2.18. The SMILES string of the molecule is N#CC(c1ccc2c(c1)CCCC2)c1ncccn1. The Labute approximate surface area is 113 Å². The zero-order valence-corrected chi connectivity index (χ0v) is 10.7. The molecule has 0 N–H and O–H groups in total. The highest BCUT2D eigenvalue weighted by Crippen LogP contribution is 2.27. The molecular weight excluding hydrogens is 234 g/mol. The first-order chi connectivity index (χ1) is 9.38. The van der Waals surface area contributed by atoms with E-state index in [1.165, 1.54) is 24.0 Å². The molecule has 1 aliphatic carbocycles. The number of aromatic nitrogens is 2. The van der Waals surface area contributed by atoms with E-state index < -0.39 is 0 Å². The molecule has 3 heteroatoms. The molecule has 0 bridgehead atoms. The molecule has 0 amide bonds. The monoisotopic (exact) mass is 249 g/mol. The average molecular weight is 249 g/mol. The van der Waals surface area contributed by atoms with Crippen molar-refractivity contribution in [2.75, 3.05) is 0 Å². The van der Waals surface area contributed by atoms with Crippen LogP contribution in [0.1, 0.15) is 41.3 Å². The third-order valence-corrected chi connectivity index (χ3v) is 3.68. The molecule has 3 rings (SSSR count). The topological polar surface area (TPSA) is 49.6 Å². The fourth-order valence-corrected chi connectivity index (χ4v) is 2.67. The normalized spacial score (nSPS) is 15.3. The lowest BCUT2D eigenvalue weighted by Gasteiger charge is -2.17. The first-order valence-electron chi connectivity index (χ1n) is 6.67. The minimum Gasteiger partial charge on any atom is -0.240 e. The van der Waals surface area contributed by atoms with Gasteiger partial charge in [0.25, 0.3) is 0 Å². The molecule has 0 fully saturated rings. The van der Waals surface area contributed by atoms with E-state index in [-0.39, 0.29) is 5.92 Å². The minimum absolute atomic E-state index is 0.367. The number of rotatable bonds is 2. The van der Waals surface area contributed by atoms with Crippen molar-refractivity contribution >= 4 is 0 Å². The van der Waals surface area contributed by atoms with Gasteiger partial charge in [-0.15, -0.1) is 0 Å². The molecule has 19 heavy (non-hydrogen) atoms. The summed E-state index contributed by atoms with van der Waals surface area (Å²) in [6.45, 7) is 0. The number of hydrogen-bond donors (Lipinski definition) is 0. The summed E-state index contributed by atoms with van der Waals surface area (Å²) in [6.07, 6.45) is 8.17. The molecule has 1 heterocycles. The molecule has 0 saturated carbocycles. The average Bonchev–Trinajstić information content (AvgIpc) is 2.49. The lowest BCUT2D eigenvalue weighted by atomic mass is 9.87. The highest BCUT2D eigenvalue weighted by atomic mass is 14.9. The Morgan fingerprint density at radius 2 is 1.79 bits per heavy atom. The van der Waals surface area contributed by atoms with E-state index in [0.717, 1.165) is 18.4 Å². The molecule has 94 valence electrons. The molecule has 3 nitrogen and oxygen atoms in total. The molecular formula is C16H15N3. The van der Waals surface area contributed by atoms with Crippen molar-refractivity contribution in [3.63, 3.8) is 0 Å². The Morgan fingerprint density at radius 1 is 1.05 bits per heavy atom. The second kappa shape index (κ2) is 5.19. The van der Waals surface area contributed by atoms with Crippen LogP contribution in [0.4, 0.5) is 0 Å². The Kier molecular flexibility index (Phi) is 3.24. The van der Waals surface area contributed by atoms with Gasteiger partial charge in [-0.25, -0.2) is 9.97 Å². The van der Waals surface area contributed by atoms with E-state index >= 15 is 0 Å². The third-order valence-electron chi connectivity index (χ3n) is 3.68. The van der Waals surface area contributed by atoms with Crippen LogP contribution in [0.25, 0.3) is 0 Å². The standard InChI is InChI=1S/C16H15N3/c17-11-15(16-18-8-3-9-19-16)14-7-6-12-4-1-2-5-13(12)10-14/h3,6-10,15H,1-2,4-5H2. The predicted molar refractivity (Wildman–Crippen MR) is 72.6 cm³/mol. The molecule has 0 aliphatic heterocycles. The van der Waals surface area contributed by atoms with Gasteiger partial charge in [0.1, 0.15) is 11.7 Å². The summed E-state index contributed by atoms with van der Waals surface area (Å²) >= 11 is 0. The molecule has 1 unspecified atom stereocenters. The van der Waals surface area contributed by atoms with Gasteiger partial charge < -0.3 is 0 Å². The lowest BCUT2D eigenvalue weighted by molar-refractivity contribution is 0.683. The van der Waals surface area contributed by atoms with Crippen LogP contribution in [0, 0.1) is 11.3 Å². The molecule has 0 spiro atoms. The summed E-state index contributed by atoms with van der Waals surface area (Å²) in [5, 5.41) is 9.41. The summed E-state index contributed by atoms with van der Waals surface area (Å²) in [6, 6.07) is 10.5. The highest BCUT2D eigenvalue weighted by molar-refractivity contribution is 5.39. The Balaban J connectivity index is 1.99. The van der Waals surface area contributed by atoms with Crippen molar-refractivity contribution in [2.45, 2.75) is 31.6 Å². The molecule has 1 atom stereocenters.